The minimum atomic E-state index is 0.208. The van der Waals surface area contributed by atoms with Gasteiger partial charge < -0.3 is 10.2 Å². The maximum absolute atomic E-state index is 12.0. The molecule has 0 radical (unpaired) electrons. The molecule has 0 atom stereocenters. The molecule has 0 aromatic carbocycles. The van der Waals surface area contributed by atoms with E-state index in [1.807, 2.05) is 19.1 Å². The van der Waals surface area contributed by atoms with Gasteiger partial charge in [0.15, 0.2) is 0 Å². The van der Waals surface area contributed by atoms with Crippen LogP contribution in [0.25, 0.3) is 0 Å². The van der Waals surface area contributed by atoms with Crippen molar-refractivity contribution in [1.82, 2.24) is 10.3 Å². The van der Waals surface area contributed by atoms with Gasteiger partial charge in [-0.3, -0.25) is 4.79 Å². The second-order valence-corrected chi connectivity index (χ2v) is 6.77. The van der Waals surface area contributed by atoms with Crippen LogP contribution in [0.3, 0.4) is 0 Å². The van der Waals surface area contributed by atoms with Gasteiger partial charge in [-0.1, -0.05) is 0 Å². The third-order valence-corrected chi connectivity index (χ3v) is 4.99. The number of pyridine rings is 1. The monoisotopic (exact) mass is 312 g/mol. The fraction of sp³-hybridized carbons (Fsp3) is 0.611. The Hall–Kier alpha value is -2.09. The number of nitrogens with zero attached hydrogens (tertiary/aromatic N) is 3. The molecule has 1 N–H and O–H groups in total. The summed E-state index contributed by atoms with van der Waals surface area (Å²) >= 11 is 0. The summed E-state index contributed by atoms with van der Waals surface area (Å²) in [6, 6.07) is 6.38. The highest BCUT2D eigenvalue weighted by Gasteiger charge is 2.25. The first kappa shape index (κ1) is 15.8. The van der Waals surface area contributed by atoms with E-state index in [0.29, 0.717) is 23.9 Å². The molecule has 0 bridgehead atoms. The number of carbonyl (C=O) groups excluding carboxylic acids is 1. The molecule has 1 aromatic rings. The van der Waals surface area contributed by atoms with E-state index in [9.17, 15) is 10.1 Å². The Morgan fingerprint density at radius 2 is 2.09 bits per heavy atom. The fourth-order valence-electron chi connectivity index (χ4n) is 3.32. The third-order valence-electron chi connectivity index (χ3n) is 4.99. The van der Waals surface area contributed by atoms with Crippen molar-refractivity contribution in [3.8, 4) is 6.07 Å². The predicted molar refractivity (Wildman–Crippen MR) is 89.0 cm³/mol. The number of hydrogen-bond donors (Lipinski definition) is 1. The van der Waals surface area contributed by atoms with Crippen LogP contribution in [0.4, 0.5) is 5.82 Å². The molecular formula is C18H24N4O. The number of amides is 1. The largest absolute Gasteiger partial charge is 0.355 e. The summed E-state index contributed by atoms with van der Waals surface area (Å²) in [6.45, 7) is 3.68. The number of piperidine rings is 1. The second kappa shape index (κ2) is 6.99. The van der Waals surface area contributed by atoms with E-state index in [1.165, 1.54) is 6.42 Å². The van der Waals surface area contributed by atoms with Crippen LogP contribution in [0, 0.1) is 24.2 Å². The summed E-state index contributed by atoms with van der Waals surface area (Å²) in [7, 11) is 0. The Bertz CT molecular complexity index is 610. The van der Waals surface area contributed by atoms with Crippen LogP contribution in [0.1, 0.15) is 49.8 Å². The van der Waals surface area contributed by atoms with Gasteiger partial charge in [-0.15, -0.1) is 0 Å². The lowest BCUT2D eigenvalue weighted by Gasteiger charge is -2.34. The molecule has 1 aliphatic carbocycles. The van der Waals surface area contributed by atoms with Crippen LogP contribution in [0.15, 0.2) is 12.1 Å². The Kier molecular flexibility index (Phi) is 4.80. The molecule has 2 heterocycles. The number of aryl methyl sites for hydroxylation is 1. The van der Waals surface area contributed by atoms with Gasteiger partial charge >= 0.3 is 0 Å². The summed E-state index contributed by atoms with van der Waals surface area (Å²) in [5, 5.41) is 12.4. The number of carbonyl (C=O) groups is 1. The maximum Gasteiger partial charge on any atom is 0.220 e. The lowest BCUT2D eigenvalue weighted by Crippen LogP contribution is -2.41. The molecule has 0 unspecified atom stereocenters. The molecule has 1 aromatic heterocycles. The summed E-state index contributed by atoms with van der Waals surface area (Å²) in [4.78, 5) is 18.8. The zero-order valence-corrected chi connectivity index (χ0v) is 13.7. The van der Waals surface area contributed by atoms with Crippen molar-refractivity contribution in [2.45, 2.75) is 51.5 Å². The normalized spacial score (nSPS) is 19.0. The van der Waals surface area contributed by atoms with Crippen molar-refractivity contribution in [2.24, 2.45) is 5.92 Å². The van der Waals surface area contributed by atoms with Crippen LogP contribution < -0.4 is 10.2 Å². The summed E-state index contributed by atoms with van der Waals surface area (Å²) in [5.41, 5.74) is 1.57. The molecule has 0 spiro atoms. The van der Waals surface area contributed by atoms with Crippen LogP contribution >= 0.6 is 0 Å². The van der Waals surface area contributed by atoms with Crippen LogP contribution in [0.2, 0.25) is 0 Å². The Balaban J connectivity index is 1.53. The van der Waals surface area contributed by atoms with E-state index in [-0.39, 0.29) is 5.91 Å². The van der Waals surface area contributed by atoms with E-state index in [1.54, 1.807) is 0 Å². The van der Waals surface area contributed by atoms with Crippen molar-refractivity contribution in [2.75, 3.05) is 18.0 Å². The SMILES string of the molecule is Cc1ccc(C#N)c(N2CCC(CC(=O)NC3CCC3)CC2)n1. The molecule has 1 aliphatic heterocycles. The highest BCUT2D eigenvalue weighted by atomic mass is 16.1. The first-order valence-electron chi connectivity index (χ1n) is 8.58. The number of nitriles is 1. The molecule has 3 rings (SSSR count). The zero-order valence-electron chi connectivity index (χ0n) is 13.7. The molecule has 5 heteroatoms. The van der Waals surface area contributed by atoms with Crippen molar-refractivity contribution >= 4 is 11.7 Å². The summed E-state index contributed by atoms with van der Waals surface area (Å²) < 4.78 is 0. The molecule has 23 heavy (non-hydrogen) atoms. The lowest BCUT2D eigenvalue weighted by atomic mass is 9.90. The molecule has 1 amide bonds. The van der Waals surface area contributed by atoms with E-state index >= 15 is 0 Å². The fourth-order valence-corrected chi connectivity index (χ4v) is 3.32. The van der Waals surface area contributed by atoms with Gasteiger partial charge in [0.2, 0.25) is 5.91 Å². The second-order valence-electron chi connectivity index (χ2n) is 6.77. The average molecular weight is 312 g/mol. The minimum absolute atomic E-state index is 0.208. The number of rotatable bonds is 4. The number of nitrogens with one attached hydrogen (secondary N) is 1. The summed E-state index contributed by atoms with van der Waals surface area (Å²) in [6.07, 6.45) is 6.13. The van der Waals surface area contributed by atoms with Gasteiger partial charge in [0.1, 0.15) is 11.9 Å². The molecule has 2 fully saturated rings. The molecule has 122 valence electrons. The lowest BCUT2D eigenvalue weighted by molar-refractivity contribution is -0.123. The van der Waals surface area contributed by atoms with E-state index in [2.05, 4.69) is 21.3 Å². The minimum Gasteiger partial charge on any atom is -0.355 e. The number of anilines is 1. The van der Waals surface area contributed by atoms with Gasteiger partial charge in [0.25, 0.3) is 0 Å². The Morgan fingerprint density at radius 1 is 1.35 bits per heavy atom. The highest BCUT2D eigenvalue weighted by molar-refractivity contribution is 5.76. The van der Waals surface area contributed by atoms with Crippen LogP contribution in [-0.4, -0.2) is 30.0 Å². The Morgan fingerprint density at radius 3 is 2.70 bits per heavy atom. The van der Waals surface area contributed by atoms with Gasteiger partial charge in [-0.05, 0) is 57.1 Å². The van der Waals surface area contributed by atoms with Crippen molar-refractivity contribution in [3.05, 3.63) is 23.4 Å². The van der Waals surface area contributed by atoms with Crippen molar-refractivity contribution in [1.29, 1.82) is 5.26 Å². The first-order chi connectivity index (χ1) is 11.2. The standard InChI is InChI=1S/C18H24N4O/c1-13-5-6-15(12-19)18(20-13)22-9-7-14(8-10-22)11-17(23)21-16-3-2-4-16/h5-6,14,16H,2-4,7-11H2,1H3,(H,21,23). The average Bonchev–Trinajstić information content (AvgIpc) is 2.52. The third kappa shape index (κ3) is 3.82. The predicted octanol–water partition coefficient (Wildman–Crippen LogP) is 2.54. The molecular weight excluding hydrogens is 288 g/mol. The number of aromatic nitrogens is 1. The highest BCUT2D eigenvalue weighted by Crippen LogP contribution is 2.27. The van der Waals surface area contributed by atoms with Crippen molar-refractivity contribution in [3.63, 3.8) is 0 Å². The topological polar surface area (TPSA) is 69.0 Å². The van der Waals surface area contributed by atoms with E-state index in [4.69, 9.17) is 0 Å². The van der Waals surface area contributed by atoms with Crippen molar-refractivity contribution < 1.29 is 4.79 Å². The van der Waals surface area contributed by atoms with E-state index in [0.717, 1.165) is 50.3 Å². The Labute approximate surface area is 137 Å². The smallest absolute Gasteiger partial charge is 0.220 e. The maximum atomic E-state index is 12.0. The van der Waals surface area contributed by atoms with Gasteiger partial charge in [-0.25, -0.2) is 4.98 Å². The number of hydrogen-bond acceptors (Lipinski definition) is 4. The molecule has 1 saturated carbocycles. The van der Waals surface area contributed by atoms with Gasteiger partial charge in [0.05, 0.1) is 5.56 Å². The van der Waals surface area contributed by atoms with Gasteiger partial charge in [0, 0.05) is 31.2 Å². The molecule has 1 saturated heterocycles. The van der Waals surface area contributed by atoms with Crippen LogP contribution in [0.5, 0.6) is 0 Å². The van der Waals surface area contributed by atoms with Gasteiger partial charge in [-0.2, -0.15) is 5.26 Å². The molecule has 2 aliphatic rings. The zero-order chi connectivity index (χ0) is 16.2. The van der Waals surface area contributed by atoms with E-state index < -0.39 is 0 Å². The first-order valence-corrected chi connectivity index (χ1v) is 8.58. The molecule has 5 nitrogen and oxygen atoms in total. The van der Waals surface area contributed by atoms with Crippen LogP contribution in [-0.2, 0) is 4.79 Å². The quantitative estimate of drug-likeness (QED) is 0.927. The summed E-state index contributed by atoms with van der Waals surface area (Å²) in [5.74, 6) is 1.45.